The summed E-state index contributed by atoms with van der Waals surface area (Å²) >= 11 is 1.22. The van der Waals surface area contributed by atoms with E-state index in [0.29, 0.717) is 37.8 Å². The molecule has 3 aromatic carbocycles. The molecule has 0 unspecified atom stereocenters. The third kappa shape index (κ3) is 4.51. The van der Waals surface area contributed by atoms with Gasteiger partial charge in [0.25, 0.3) is 11.2 Å². The van der Waals surface area contributed by atoms with Crippen LogP contribution in [0.3, 0.4) is 0 Å². The summed E-state index contributed by atoms with van der Waals surface area (Å²) in [5.41, 5.74) is 1.53. The second-order valence-corrected chi connectivity index (χ2v) is 8.50. The number of fused-ring (bicyclic) bond motifs is 3. The molecule has 0 saturated heterocycles. The van der Waals surface area contributed by atoms with Gasteiger partial charge in [-0.05, 0) is 36.4 Å². The number of aromatic nitrogens is 2. The van der Waals surface area contributed by atoms with Crippen LogP contribution in [-0.2, 0) is 0 Å². The van der Waals surface area contributed by atoms with Crippen molar-refractivity contribution in [3.63, 3.8) is 0 Å². The van der Waals surface area contributed by atoms with Crippen molar-refractivity contribution >= 4 is 39.1 Å². The topological polar surface area (TPSA) is 105 Å². The van der Waals surface area contributed by atoms with Gasteiger partial charge in [0.1, 0.15) is 30.5 Å². The lowest BCUT2D eigenvalue weighted by Gasteiger charge is -2.11. The molecular weight excluding hydrogens is 470 g/mol. The van der Waals surface area contributed by atoms with Gasteiger partial charge in [-0.25, -0.2) is 9.38 Å². The zero-order valence-corrected chi connectivity index (χ0v) is 19.4. The van der Waals surface area contributed by atoms with E-state index in [1.807, 2.05) is 36.4 Å². The minimum absolute atomic E-state index is 0.101. The molecule has 0 fully saturated rings. The summed E-state index contributed by atoms with van der Waals surface area (Å²) in [4.78, 5) is 29.0. The van der Waals surface area contributed by atoms with Crippen molar-refractivity contribution in [3.8, 4) is 17.2 Å². The van der Waals surface area contributed by atoms with Crippen LogP contribution in [0.5, 0.6) is 17.2 Å². The minimum atomic E-state index is -0.486. The van der Waals surface area contributed by atoms with Crippen LogP contribution >= 0.6 is 11.3 Å². The number of nitro groups is 1. The van der Waals surface area contributed by atoms with Crippen LogP contribution in [0, 0.1) is 10.1 Å². The van der Waals surface area contributed by atoms with Gasteiger partial charge < -0.3 is 14.2 Å². The standard InChI is InChI=1S/C25H19N3O6S/c1-32-18-5-4-6-19(15-18)33-11-12-34-22-10-9-17(28(30)31)13-16(22)14-23-24(29)27-21-8-3-2-7-20(21)26-25(27)35-23/h2-10,13-15H,11-12H2,1H3/b23-14-. The Morgan fingerprint density at radius 2 is 1.83 bits per heavy atom. The minimum Gasteiger partial charge on any atom is -0.497 e. The molecule has 0 amide bonds. The first-order valence-electron chi connectivity index (χ1n) is 10.6. The van der Waals surface area contributed by atoms with Gasteiger partial charge in [-0.1, -0.05) is 29.5 Å². The van der Waals surface area contributed by atoms with Crippen molar-refractivity contribution in [2.75, 3.05) is 20.3 Å². The van der Waals surface area contributed by atoms with E-state index < -0.39 is 4.92 Å². The Kier molecular flexibility index (Phi) is 6.02. The Hall–Kier alpha value is -4.44. The lowest BCUT2D eigenvalue weighted by Crippen LogP contribution is -2.22. The summed E-state index contributed by atoms with van der Waals surface area (Å²) in [6.07, 6.45) is 1.60. The van der Waals surface area contributed by atoms with Crippen LogP contribution in [0.1, 0.15) is 5.56 Å². The molecule has 0 aliphatic carbocycles. The van der Waals surface area contributed by atoms with Crippen molar-refractivity contribution in [1.82, 2.24) is 9.38 Å². The summed E-state index contributed by atoms with van der Waals surface area (Å²) in [5, 5.41) is 11.3. The summed E-state index contributed by atoms with van der Waals surface area (Å²) in [5.74, 6) is 1.72. The molecule has 0 saturated carbocycles. The normalized spacial score (nSPS) is 11.7. The van der Waals surface area contributed by atoms with Gasteiger partial charge in [0.15, 0.2) is 4.96 Å². The molecule has 2 heterocycles. The number of methoxy groups -OCH3 is 1. The summed E-state index contributed by atoms with van der Waals surface area (Å²) in [7, 11) is 1.58. The monoisotopic (exact) mass is 489 g/mol. The molecule has 0 aliphatic heterocycles. The third-order valence-electron chi connectivity index (χ3n) is 5.29. The number of nitrogens with zero attached hydrogens (tertiary/aromatic N) is 3. The maximum absolute atomic E-state index is 13.1. The quantitative estimate of drug-likeness (QED) is 0.185. The number of imidazole rings is 1. The Labute approximate surface area is 202 Å². The Morgan fingerprint density at radius 1 is 1.03 bits per heavy atom. The van der Waals surface area contributed by atoms with Crippen LogP contribution in [0.4, 0.5) is 5.69 Å². The average molecular weight is 490 g/mol. The van der Waals surface area contributed by atoms with E-state index in [1.165, 1.54) is 29.5 Å². The van der Waals surface area contributed by atoms with Crippen LogP contribution in [0.15, 0.2) is 71.5 Å². The van der Waals surface area contributed by atoms with E-state index in [9.17, 15) is 14.9 Å². The van der Waals surface area contributed by atoms with Gasteiger partial charge in [0.05, 0.1) is 27.6 Å². The Balaban J connectivity index is 1.43. The number of nitro benzene ring substituents is 1. The van der Waals surface area contributed by atoms with E-state index >= 15 is 0 Å². The van der Waals surface area contributed by atoms with Gasteiger partial charge in [-0.2, -0.15) is 0 Å². The molecule has 5 rings (SSSR count). The van der Waals surface area contributed by atoms with E-state index in [4.69, 9.17) is 14.2 Å². The van der Waals surface area contributed by atoms with Crippen molar-refractivity contribution in [2.24, 2.45) is 0 Å². The van der Waals surface area contributed by atoms with E-state index in [0.717, 1.165) is 5.52 Å². The zero-order valence-electron chi connectivity index (χ0n) is 18.5. The Bertz CT molecular complexity index is 1660. The summed E-state index contributed by atoms with van der Waals surface area (Å²) in [6, 6.07) is 18.9. The van der Waals surface area contributed by atoms with Crippen molar-refractivity contribution in [2.45, 2.75) is 0 Å². The molecule has 35 heavy (non-hydrogen) atoms. The van der Waals surface area contributed by atoms with E-state index in [-0.39, 0.29) is 24.5 Å². The SMILES string of the molecule is COc1cccc(OCCOc2ccc([N+](=O)[O-])cc2/C=c2\sc3nc4ccccc4n3c2=O)c1. The maximum Gasteiger partial charge on any atom is 0.274 e. The van der Waals surface area contributed by atoms with E-state index in [2.05, 4.69) is 4.98 Å². The Morgan fingerprint density at radius 3 is 2.66 bits per heavy atom. The van der Waals surface area contributed by atoms with Crippen LogP contribution in [0.25, 0.3) is 22.1 Å². The van der Waals surface area contributed by atoms with Gasteiger partial charge in [0, 0.05) is 23.8 Å². The number of para-hydroxylation sites is 2. The third-order valence-corrected chi connectivity index (χ3v) is 6.26. The second-order valence-electron chi connectivity index (χ2n) is 7.49. The zero-order chi connectivity index (χ0) is 24.4. The molecule has 0 atom stereocenters. The lowest BCUT2D eigenvalue weighted by atomic mass is 10.1. The number of non-ortho nitro benzene ring substituents is 1. The van der Waals surface area contributed by atoms with Crippen molar-refractivity contribution < 1.29 is 19.1 Å². The molecule has 5 aromatic rings. The molecule has 0 aliphatic rings. The van der Waals surface area contributed by atoms with Crippen molar-refractivity contribution in [1.29, 1.82) is 0 Å². The first kappa shape index (κ1) is 22.4. The molecule has 0 N–H and O–H groups in total. The summed E-state index contributed by atoms with van der Waals surface area (Å²) in [6.45, 7) is 0.438. The molecule has 0 radical (unpaired) electrons. The fraction of sp³-hybridized carbons (Fsp3) is 0.120. The predicted octanol–water partition coefficient (Wildman–Crippen LogP) is 3.83. The molecular formula is C25H19N3O6S. The lowest BCUT2D eigenvalue weighted by molar-refractivity contribution is -0.384. The largest absolute Gasteiger partial charge is 0.497 e. The first-order chi connectivity index (χ1) is 17.0. The fourth-order valence-corrected chi connectivity index (χ4v) is 4.63. The average Bonchev–Trinajstić information content (AvgIpc) is 3.38. The van der Waals surface area contributed by atoms with Crippen LogP contribution in [0.2, 0.25) is 0 Å². The second kappa shape index (κ2) is 9.43. The number of hydrogen-bond donors (Lipinski definition) is 0. The van der Waals surface area contributed by atoms with Gasteiger partial charge in [0.2, 0.25) is 0 Å². The fourth-order valence-electron chi connectivity index (χ4n) is 3.65. The molecule has 0 spiro atoms. The number of ether oxygens (including phenoxy) is 3. The molecule has 176 valence electrons. The predicted molar refractivity (Wildman–Crippen MR) is 133 cm³/mol. The highest BCUT2D eigenvalue weighted by Gasteiger charge is 2.14. The van der Waals surface area contributed by atoms with Crippen molar-refractivity contribution in [3.05, 3.63) is 97.3 Å². The van der Waals surface area contributed by atoms with E-state index in [1.54, 1.807) is 29.7 Å². The molecule has 9 nitrogen and oxygen atoms in total. The number of benzene rings is 3. The van der Waals surface area contributed by atoms with Crippen LogP contribution in [-0.4, -0.2) is 34.6 Å². The van der Waals surface area contributed by atoms with Gasteiger partial charge in [-0.3, -0.25) is 14.9 Å². The highest BCUT2D eigenvalue weighted by atomic mass is 32.1. The van der Waals surface area contributed by atoms with Gasteiger partial charge in [-0.15, -0.1) is 0 Å². The number of rotatable bonds is 8. The first-order valence-corrected chi connectivity index (χ1v) is 11.4. The molecule has 10 heteroatoms. The van der Waals surface area contributed by atoms with Gasteiger partial charge >= 0.3 is 0 Å². The summed E-state index contributed by atoms with van der Waals surface area (Å²) < 4.78 is 18.7. The maximum atomic E-state index is 13.1. The smallest absolute Gasteiger partial charge is 0.274 e. The highest BCUT2D eigenvalue weighted by molar-refractivity contribution is 7.15. The molecule has 2 aromatic heterocycles. The van der Waals surface area contributed by atoms with Crippen LogP contribution < -0.4 is 24.3 Å². The molecule has 0 bridgehead atoms. The highest BCUT2D eigenvalue weighted by Crippen LogP contribution is 2.26. The number of thiazole rings is 1. The number of hydrogen-bond acceptors (Lipinski definition) is 8.